The molecule has 0 spiro atoms. The third kappa shape index (κ3) is 4.26. The number of benzene rings is 1. The monoisotopic (exact) mass is 276 g/mol. The van der Waals surface area contributed by atoms with E-state index in [1.165, 1.54) is 5.56 Å². The first-order chi connectivity index (χ1) is 9.28. The van der Waals surface area contributed by atoms with Crippen LogP contribution in [-0.2, 0) is 6.42 Å². The maximum atomic E-state index is 5.18. The fourth-order valence-corrected chi connectivity index (χ4v) is 1.83. The van der Waals surface area contributed by atoms with Crippen LogP contribution >= 0.6 is 12.2 Å². The number of aromatic amines is 1. The van der Waals surface area contributed by atoms with Gasteiger partial charge in [-0.3, -0.25) is 0 Å². The van der Waals surface area contributed by atoms with Gasteiger partial charge in [-0.1, -0.05) is 12.1 Å². The van der Waals surface area contributed by atoms with Gasteiger partial charge in [0.25, 0.3) is 0 Å². The number of rotatable bonds is 5. The zero-order valence-electron chi connectivity index (χ0n) is 10.6. The van der Waals surface area contributed by atoms with E-state index in [0.29, 0.717) is 11.1 Å². The molecule has 1 aromatic carbocycles. The molecule has 0 aliphatic carbocycles. The van der Waals surface area contributed by atoms with Crippen molar-refractivity contribution in [3.8, 4) is 5.75 Å². The molecule has 2 rings (SSSR count). The van der Waals surface area contributed by atoms with E-state index in [0.717, 1.165) is 18.7 Å². The molecule has 0 unspecified atom stereocenters. The Balaban J connectivity index is 1.75. The Hall–Kier alpha value is -2.08. The van der Waals surface area contributed by atoms with Crippen molar-refractivity contribution in [1.29, 1.82) is 0 Å². The lowest BCUT2D eigenvalue weighted by atomic mass is 10.1. The average Bonchev–Trinajstić information content (AvgIpc) is 2.92. The number of ether oxygens (including phenoxy) is 1. The van der Waals surface area contributed by atoms with E-state index in [-0.39, 0.29) is 0 Å². The first-order valence-electron chi connectivity index (χ1n) is 5.95. The van der Waals surface area contributed by atoms with E-state index in [9.17, 15) is 0 Å². The quantitative estimate of drug-likeness (QED) is 0.729. The Morgan fingerprint density at radius 1 is 1.47 bits per heavy atom. The number of aromatic nitrogens is 2. The van der Waals surface area contributed by atoms with E-state index in [1.807, 2.05) is 18.2 Å². The van der Waals surface area contributed by atoms with Crippen LogP contribution in [0.2, 0.25) is 0 Å². The van der Waals surface area contributed by atoms with Crippen LogP contribution in [0.4, 0.5) is 5.95 Å². The maximum absolute atomic E-state index is 5.18. The molecule has 0 aliphatic heterocycles. The molecule has 19 heavy (non-hydrogen) atoms. The van der Waals surface area contributed by atoms with Crippen LogP contribution in [0.1, 0.15) is 5.56 Å². The lowest BCUT2D eigenvalue weighted by Crippen LogP contribution is -2.30. The van der Waals surface area contributed by atoms with Gasteiger partial charge in [0.05, 0.1) is 7.11 Å². The second-order valence-corrected chi connectivity index (χ2v) is 4.33. The average molecular weight is 276 g/mol. The summed E-state index contributed by atoms with van der Waals surface area (Å²) in [7, 11) is 1.67. The first-order valence-corrected chi connectivity index (χ1v) is 6.36. The summed E-state index contributed by atoms with van der Waals surface area (Å²) in [5.41, 5.74) is 1.20. The van der Waals surface area contributed by atoms with Gasteiger partial charge in [0.1, 0.15) is 5.75 Å². The predicted octanol–water partition coefficient (Wildman–Crippen LogP) is 1.95. The van der Waals surface area contributed by atoms with Gasteiger partial charge in [0.2, 0.25) is 5.95 Å². The van der Waals surface area contributed by atoms with Crippen molar-refractivity contribution >= 4 is 23.3 Å². The van der Waals surface area contributed by atoms with Crippen molar-refractivity contribution in [2.75, 3.05) is 19.0 Å². The molecule has 0 aliphatic rings. The fourth-order valence-electron chi connectivity index (χ4n) is 1.63. The lowest BCUT2D eigenvalue weighted by molar-refractivity contribution is 0.414. The van der Waals surface area contributed by atoms with Gasteiger partial charge in [-0.25, -0.2) is 4.98 Å². The third-order valence-corrected chi connectivity index (χ3v) is 2.81. The number of hydrogen-bond donors (Lipinski definition) is 3. The second-order valence-electron chi connectivity index (χ2n) is 3.92. The summed E-state index contributed by atoms with van der Waals surface area (Å²) in [6.45, 7) is 0.750. The molecule has 1 heterocycles. The molecule has 0 saturated heterocycles. The molecule has 2 aromatic rings. The summed E-state index contributed by atoms with van der Waals surface area (Å²) in [6.07, 6.45) is 4.28. The highest BCUT2D eigenvalue weighted by Crippen LogP contribution is 2.12. The van der Waals surface area contributed by atoms with E-state index >= 15 is 0 Å². The van der Waals surface area contributed by atoms with Crippen molar-refractivity contribution in [2.45, 2.75) is 6.42 Å². The van der Waals surface area contributed by atoms with Crippen LogP contribution < -0.4 is 15.4 Å². The molecule has 0 saturated carbocycles. The highest BCUT2D eigenvalue weighted by Gasteiger charge is 1.99. The number of nitrogens with zero attached hydrogens (tertiary/aromatic N) is 1. The fraction of sp³-hybridized carbons (Fsp3) is 0.231. The summed E-state index contributed by atoms with van der Waals surface area (Å²) in [5, 5.41) is 6.64. The highest BCUT2D eigenvalue weighted by molar-refractivity contribution is 7.80. The lowest BCUT2D eigenvalue weighted by Gasteiger charge is -2.09. The highest BCUT2D eigenvalue weighted by atomic mass is 32.1. The van der Waals surface area contributed by atoms with E-state index in [2.05, 4.69) is 26.7 Å². The van der Waals surface area contributed by atoms with Gasteiger partial charge in [-0.2, -0.15) is 0 Å². The van der Waals surface area contributed by atoms with Crippen molar-refractivity contribution in [2.24, 2.45) is 0 Å². The third-order valence-electron chi connectivity index (χ3n) is 2.56. The SMILES string of the molecule is COc1cccc(CCNC(=S)Nc2ncc[nH]2)c1. The van der Waals surface area contributed by atoms with Crippen LogP contribution in [-0.4, -0.2) is 28.7 Å². The number of imidazole rings is 1. The Bertz CT molecular complexity index is 527. The summed E-state index contributed by atoms with van der Waals surface area (Å²) >= 11 is 5.16. The molecule has 0 amide bonds. The summed E-state index contributed by atoms with van der Waals surface area (Å²) in [5.74, 6) is 1.51. The van der Waals surface area contributed by atoms with Gasteiger partial charge in [-0.05, 0) is 36.3 Å². The van der Waals surface area contributed by atoms with Crippen LogP contribution in [0.15, 0.2) is 36.7 Å². The van der Waals surface area contributed by atoms with Crippen molar-refractivity contribution in [1.82, 2.24) is 15.3 Å². The number of H-pyrrole nitrogens is 1. The van der Waals surface area contributed by atoms with Crippen LogP contribution in [0.3, 0.4) is 0 Å². The Morgan fingerprint density at radius 2 is 2.37 bits per heavy atom. The normalized spacial score (nSPS) is 9.95. The molecule has 0 radical (unpaired) electrons. The molecule has 5 nitrogen and oxygen atoms in total. The molecule has 1 aromatic heterocycles. The minimum atomic E-state index is 0.554. The molecule has 0 fully saturated rings. The van der Waals surface area contributed by atoms with Crippen molar-refractivity contribution in [3.05, 3.63) is 42.2 Å². The molecular formula is C13H16N4OS. The number of nitrogens with one attached hydrogen (secondary N) is 3. The molecule has 100 valence electrons. The minimum Gasteiger partial charge on any atom is -0.497 e. The summed E-state index contributed by atoms with van der Waals surface area (Å²) in [4.78, 5) is 6.96. The standard InChI is InChI=1S/C13H16N4OS/c1-18-11-4-2-3-10(9-11)5-6-16-13(19)17-12-14-7-8-15-12/h2-4,7-9H,5-6H2,1H3,(H3,14,15,16,17,19). The van der Waals surface area contributed by atoms with Gasteiger partial charge in [-0.15, -0.1) is 0 Å². The number of hydrogen-bond acceptors (Lipinski definition) is 3. The van der Waals surface area contributed by atoms with E-state index < -0.39 is 0 Å². The Morgan fingerprint density at radius 3 is 3.11 bits per heavy atom. The van der Waals surface area contributed by atoms with Crippen LogP contribution in [0.25, 0.3) is 0 Å². The molecule has 3 N–H and O–H groups in total. The Labute approximate surface area is 117 Å². The first kappa shape index (κ1) is 13.4. The number of methoxy groups -OCH3 is 1. The van der Waals surface area contributed by atoms with E-state index in [1.54, 1.807) is 19.5 Å². The predicted molar refractivity (Wildman–Crippen MR) is 79.5 cm³/mol. The smallest absolute Gasteiger partial charge is 0.206 e. The van der Waals surface area contributed by atoms with Gasteiger partial charge in [0, 0.05) is 18.9 Å². The molecular weight excluding hydrogens is 260 g/mol. The minimum absolute atomic E-state index is 0.554. The van der Waals surface area contributed by atoms with Gasteiger partial charge >= 0.3 is 0 Å². The van der Waals surface area contributed by atoms with Crippen LogP contribution in [0, 0.1) is 0 Å². The van der Waals surface area contributed by atoms with Gasteiger partial charge < -0.3 is 20.4 Å². The molecule has 0 atom stereocenters. The second kappa shape index (κ2) is 6.75. The number of thiocarbonyl (C=S) groups is 1. The maximum Gasteiger partial charge on any atom is 0.206 e. The zero-order chi connectivity index (χ0) is 13.5. The largest absolute Gasteiger partial charge is 0.497 e. The molecule has 0 bridgehead atoms. The zero-order valence-corrected chi connectivity index (χ0v) is 11.5. The van der Waals surface area contributed by atoms with Crippen LogP contribution in [0.5, 0.6) is 5.75 Å². The summed E-state index contributed by atoms with van der Waals surface area (Å²) in [6, 6.07) is 7.99. The van der Waals surface area contributed by atoms with Gasteiger partial charge in [0.15, 0.2) is 5.11 Å². The van der Waals surface area contributed by atoms with Crippen molar-refractivity contribution < 1.29 is 4.74 Å². The van der Waals surface area contributed by atoms with Crippen molar-refractivity contribution in [3.63, 3.8) is 0 Å². The molecule has 6 heteroatoms. The summed E-state index contributed by atoms with van der Waals surface area (Å²) < 4.78 is 5.18. The Kier molecular flexibility index (Phi) is 4.74. The number of anilines is 1. The topological polar surface area (TPSA) is 62.0 Å². The van der Waals surface area contributed by atoms with E-state index in [4.69, 9.17) is 17.0 Å².